The molecule has 1 heterocycles. The van der Waals surface area contributed by atoms with Crippen molar-refractivity contribution in [2.24, 2.45) is 0 Å². The summed E-state index contributed by atoms with van der Waals surface area (Å²) in [6.07, 6.45) is 1.20. The number of hydrogen-bond acceptors (Lipinski definition) is 3. The summed E-state index contributed by atoms with van der Waals surface area (Å²) >= 11 is 0. The fraction of sp³-hybridized carbons (Fsp3) is 0.500. The Hall–Kier alpha value is -1.39. The number of carbonyl (C=O) groups excluding carboxylic acids is 1. The highest BCUT2D eigenvalue weighted by Crippen LogP contribution is 2.15. The molecule has 0 fully saturated rings. The van der Waals surface area contributed by atoms with E-state index >= 15 is 0 Å². The topological polar surface area (TPSA) is 61.4 Å². The van der Waals surface area contributed by atoms with Gasteiger partial charge in [-0.25, -0.2) is 0 Å². The smallest absolute Gasteiger partial charge is 0.251 e. The van der Waals surface area contributed by atoms with Gasteiger partial charge in [0.05, 0.1) is 6.10 Å². The van der Waals surface area contributed by atoms with Crippen molar-refractivity contribution in [3.05, 3.63) is 34.9 Å². The van der Waals surface area contributed by atoms with E-state index in [1.165, 1.54) is 11.1 Å². The van der Waals surface area contributed by atoms with E-state index < -0.39 is 6.10 Å². The monoisotopic (exact) mass is 248 g/mol. The Kier molecular flexibility index (Phi) is 4.33. The van der Waals surface area contributed by atoms with Gasteiger partial charge < -0.3 is 15.7 Å². The van der Waals surface area contributed by atoms with Crippen LogP contribution in [-0.4, -0.2) is 30.2 Å². The molecule has 1 atom stereocenters. The van der Waals surface area contributed by atoms with Crippen LogP contribution in [0.1, 0.15) is 34.8 Å². The van der Waals surface area contributed by atoms with E-state index in [1.54, 1.807) is 0 Å². The SMILES string of the molecule is CCC(O)CNC(=O)c1ccc2c(c1)CNCC2. The van der Waals surface area contributed by atoms with Crippen LogP contribution in [0.5, 0.6) is 0 Å². The molecule has 3 N–H and O–H groups in total. The van der Waals surface area contributed by atoms with Crippen LogP contribution >= 0.6 is 0 Å². The molecule has 0 saturated heterocycles. The highest BCUT2D eigenvalue weighted by Gasteiger charge is 2.12. The maximum atomic E-state index is 11.9. The normalized spacial score (nSPS) is 15.9. The van der Waals surface area contributed by atoms with E-state index in [4.69, 9.17) is 0 Å². The van der Waals surface area contributed by atoms with Crippen LogP contribution in [0.15, 0.2) is 18.2 Å². The van der Waals surface area contributed by atoms with Crippen molar-refractivity contribution in [3.8, 4) is 0 Å². The molecule has 98 valence electrons. The molecule has 1 aliphatic rings. The quantitative estimate of drug-likeness (QED) is 0.739. The summed E-state index contributed by atoms with van der Waals surface area (Å²) in [4.78, 5) is 11.9. The maximum absolute atomic E-state index is 11.9. The molecule has 1 unspecified atom stereocenters. The molecule has 0 aliphatic carbocycles. The highest BCUT2D eigenvalue weighted by atomic mass is 16.3. The standard InChI is InChI=1S/C14H20N2O2/c1-2-13(17)9-16-14(18)11-4-3-10-5-6-15-8-12(10)7-11/h3-4,7,13,15,17H,2,5-6,8-9H2,1H3,(H,16,18). The van der Waals surface area contributed by atoms with E-state index in [-0.39, 0.29) is 5.91 Å². The number of benzene rings is 1. The number of nitrogens with one attached hydrogen (secondary N) is 2. The number of aliphatic hydroxyl groups is 1. The molecular formula is C14H20N2O2. The van der Waals surface area contributed by atoms with E-state index in [1.807, 2.05) is 25.1 Å². The van der Waals surface area contributed by atoms with Crippen LogP contribution in [-0.2, 0) is 13.0 Å². The lowest BCUT2D eigenvalue weighted by Gasteiger charge is -2.18. The summed E-state index contributed by atoms with van der Waals surface area (Å²) < 4.78 is 0. The van der Waals surface area contributed by atoms with Gasteiger partial charge >= 0.3 is 0 Å². The summed E-state index contributed by atoms with van der Waals surface area (Å²) in [6.45, 7) is 4.03. The fourth-order valence-electron chi connectivity index (χ4n) is 2.08. The van der Waals surface area contributed by atoms with Crippen molar-refractivity contribution < 1.29 is 9.90 Å². The summed E-state index contributed by atoms with van der Waals surface area (Å²) in [5, 5.41) is 15.5. The Balaban J connectivity index is 2.02. The zero-order valence-electron chi connectivity index (χ0n) is 10.7. The molecule has 0 spiro atoms. The lowest BCUT2D eigenvalue weighted by atomic mass is 9.98. The van der Waals surface area contributed by atoms with Gasteiger partial charge in [-0.15, -0.1) is 0 Å². The van der Waals surface area contributed by atoms with E-state index in [9.17, 15) is 9.90 Å². The minimum atomic E-state index is -0.465. The summed E-state index contributed by atoms with van der Waals surface area (Å²) in [7, 11) is 0. The van der Waals surface area contributed by atoms with Gasteiger partial charge in [-0.2, -0.15) is 0 Å². The van der Waals surface area contributed by atoms with Gasteiger partial charge in [0.15, 0.2) is 0 Å². The molecule has 1 aliphatic heterocycles. The lowest BCUT2D eigenvalue weighted by molar-refractivity contribution is 0.0913. The van der Waals surface area contributed by atoms with Crippen LogP contribution < -0.4 is 10.6 Å². The summed E-state index contributed by atoms with van der Waals surface area (Å²) in [5.41, 5.74) is 3.18. The average Bonchev–Trinajstić information content (AvgIpc) is 2.43. The Bertz CT molecular complexity index is 432. The first-order valence-corrected chi connectivity index (χ1v) is 6.49. The third kappa shape index (κ3) is 3.09. The van der Waals surface area contributed by atoms with Crippen LogP contribution in [0.25, 0.3) is 0 Å². The lowest BCUT2D eigenvalue weighted by Crippen LogP contribution is -2.32. The highest BCUT2D eigenvalue weighted by molar-refractivity contribution is 5.94. The average molecular weight is 248 g/mol. The van der Waals surface area contributed by atoms with Gasteiger partial charge in [0, 0.05) is 18.7 Å². The summed E-state index contributed by atoms with van der Waals surface area (Å²) in [6, 6.07) is 5.83. The Labute approximate surface area is 107 Å². The van der Waals surface area contributed by atoms with E-state index in [0.29, 0.717) is 18.5 Å². The molecule has 1 amide bonds. The van der Waals surface area contributed by atoms with E-state index in [0.717, 1.165) is 19.5 Å². The summed E-state index contributed by atoms with van der Waals surface area (Å²) in [5.74, 6) is -0.115. The number of hydrogen-bond donors (Lipinski definition) is 3. The van der Waals surface area contributed by atoms with Crippen LogP contribution in [0.3, 0.4) is 0 Å². The first-order chi connectivity index (χ1) is 8.70. The molecule has 1 aromatic carbocycles. The van der Waals surface area contributed by atoms with Crippen molar-refractivity contribution in [1.82, 2.24) is 10.6 Å². The van der Waals surface area contributed by atoms with Crippen molar-refractivity contribution in [3.63, 3.8) is 0 Å². The van der Waals surface area contributed by atoms with Crippen LogP contribution in [0, 0.1) is 0 Å². The van der Waals surface area contributed by atoms with Gasteiger partial charge in [0.1, 0.15) is 0 Å². The largest absolute Gasteiger partial charge is 0.391 e. The second-order valence-corrected chi connectivity index (χ2v) is 4.68. The number of aliphatic hydroxyl groups excluding tert-OH is 1. The molecule has 18 heavy (non-hydrogen) atoms. The Morgan fingerprint density at radius 2 is 2.33 bits per heavy atom. The number of rotatable bonds is 4. The van der Waals surface area contributed by atoms with Gasteiger partial charge in [-0.05, 0) is 42.6 Å². The van der Waals surface area contributed by atoms with Crippen LogP contribution in [0.2, 0.25) is 0 Å². The number of fused-ring (bicyclic) bond motifs is 1. The second kappa shape index (κ2) is 5.98. The molecule has 0 radical (unpaired) electrons. The Morgan fingerprint density at radius 3 is 3.11 bits per heavy atom. The molecule has 4 nitrogen and oxygen atoms in total. The zero-order chi connectivity index (χ0) is 13.0. The third-order valence-electron chi connectivity index (χ3n) is 3.32. The van der Waals surface area contributed by atoms with Gasteiger partial charge in [0.25, 0.3) is 5.91 Å². The predicted molar refractivity (Wildman–Crippen MR) is 70.5 cm³/mol. The van der Waals surface area contributed by atoms with Crippen LogP contribution in [0.4, 0.5) is 0 Å². The molecule has 0 aromatic heterocycles. The van der Waals surface area contributed by atoms with Crippen molar-refractivity contribution in [2.45, 2.75) is 32.4 Å². The van der Waals surface area contributed by atoms with Crippen molar-refractivity contribution in [1.29, 1.82) is 0 Å². The fourth-order valence-corrected chi connectivity index (χ4v) is 2.08. The molecule has 2 rings (SSSR count). The molecule has 0 bridgehead atoms. The Morgan fingerprint density at radius 1 is 1.50 bits per heavy atom. The predicted octanol–water partition coefficient (Wildman–Crippen LogP) is 0.833. The molecule has 1 aromatic rings. The van der Waals surface area contributed by atoms with Crippen molar-refractivity contribution in [2.75, 3.05) is 13.1 Å². The molecule has 4 heteroatoms. The maximum Gasteiger partial charge on any atom is 0.251 e. The van der Waals surface area contributed by atoms with Gasteiger partial charge in [-0.3, -0.25) is 4.79 Å². The minimum absolute atomic E-state index is 0.115. The first kappa shape index (κ1) is 13.1. The number of amides is 1. The third-order valence-corrected chi connectivity index (χ3v) is 3.32. The number of carbonyl (C=O) groups is 1. The zero-order valence-corrected chi connectivity index (χ0v) is 10.7. The molecular weight excluding hydrogens is 228 g/mol. The van der Waals surface area contributed by atoms with Gasteiger partial charge in [0.2, 0.25) is 0 Å². The first-order valence-electron chi connectivity index (χ1n) is 6.49. The van der Waals surface area contributed by atoms with Gasteiger partial charge in [-0.1, -0.05) is 13.0 Å². The van der Waals surface area contributed by atoms with Crippen molar-refractivity contribution >= 4 is 5.91 Å². The second-order valence-electron chi connectivity index (χ2n) is 4.68. The molecule has 0 saturated carbocycles. The van der Waals surface area contributed by atoms with E-state index in [2.05, 4.69) is 10.6 Å². The minimum Gasteiger partial charge on any atom is -0.391 e.